The van der Waals surface area contributed by atoms with Gasteiger partial charge in [-0.15, -0.1) is 0 Å². The van der Waals surface area contributed by atoms with E-state index in [4.69, 9.17) is 9.47 Å². The van der Waals surface area contributed by atoms with Gasteiger partial charge in [-0.1, -0.05) is 42.5 Å². The van der Waals surface area contributed by atoms with Crippen molar-refractivity contribution >= 4 is 5.91 Å². The second-order valence-corrected chi connectivity index (χ2v) is 6.71. The van der Waals surface area contributed by atoms with E-state index in [9.17, 15) is 9.18 Å². The molecule has 29 heavy (non-hydrogen) atoms. The Morgan fingerprint density at radius 2 is 1.48 bits per heavy atom. The maximum Gasteiger partial charge on any atom is 0.225 e. The Morgan fingerprint density at radius 3 is 2.07 bits per heavy atom. The first-order valence-corrected chi connectivity index (χ1v) is 9.38. The summed E-state index contributed by atoms with van der Waals surface area (Å²) in [6.45, 7) is 0. The highest BCUT2D eigenvalue weighted by molar-refractivity contribution is 5.79. The van der Waals surface area contributed by atoms with Crippen molar-refractivity contribution in [1.29, 1.82) is 0 Å². The average molecular weight is 393 g/mol. The molecule has 1 N–H and O–H groups in total. The van der Waals surface area contributed by atoms with E-state index in [-0.39, 0.29) is 24.2 Å². The molecule has 1 atom stereocenters. The van der Waals surface area contributed by atoms with Gasteiger partial charge in [0, 0.05) is 0 Å². The molecular weight excluding hydrogens is 369 g/mol. The van der Waals surface area contributed by atoms with E-state index in [1.807, 2.05) is 48.5 Å². The first-order valence-electron chi connectivity index (χ1n) is 9.38. The number of amides is 1. The van der Waals surface area contributed by atoms with Crippen LogP contribution >= 0.6 is 0 Å². The molecule has 0 aliphatic heterocycles. The highest BCUT2D eigenvalue weighted by Gasteiger charge is 2.17. The van der Waals surface area contributed by atoms with Crippen LogP contribution in [0.25, 0.3) is 0 Å². The number of halogens is 1. The van der Waals surface area contributed by atoms with Crippen molar-refractivity contribution in [2.45, 2.75) is 18.9 Å². The number of carbonyl (C=O) groups excluding carboxylic acids is 1. The largest absolute Gasteiger partial charge is 0.497 e. The third-order valence-electron chi connectivity index (χ3n) is 4.76. The molecule has 1 amide bonds. The quantitative estimate of drug-likeness (QED) is 0.614. The zero-order valence-electron chi connectivity index (χ0n) is 16.5. The van der Waals surface area contributed by atoms with Crippen LogP contribution in [0.15, 0.2) is 72.8 Å². The number of hydrogen-bond donors (Lipinski definition) is 1. The first kappa shape index (κ1) is 20.4. The predicted molar refractivity (Wildman–Crippen MR) is 111 cm³/mol. The summed E-state index contributed by atoms with van der Waals surface area (Å²) in [7, 11) is 3.23. The summed E-state index contributed by atoms with van der Waals surface area (Å²) in [4.78, 5) is 12.6. The van der Waals surface area contributed by atoms with Crippen LogP contribution in [-0.2, 0) is 17.6 Å². The molecule has 3 rings (SSSR count). The number of nitrogens with one attached hydrogen (secondary N) is 1. The monoisotopic (exact) mass is 393 g/mol. The molecule has 0 spiro atoms. The molecule has 0 saturated carbocycles. The Morgan fingerprint density at radius 1 is 0.897 bits per heavy atom. The number of ether oxygens (including phenoxy) is 2. The Bertz CT molecular complexity index is 939. The van der Waals surface area contributed by atoms with Crippen LogP contribution in [0.2, 0.25) is 0 Å². The fourth-order valence-corrected chi connectivity index (χ4v) is 3.15. The molecule has 4 nitrogen and oxygen atoms in total. The van der Waals surface area contributed by atoms with Gasteiger partial charge >= 0.3 is 0 Å². The lowest BCUT2D eigenvalue weighted by Crippen LogP contribution is -2.31. The van der Waals surface area contributed by atoms with Crippen molar-refractivity contribution in [1.82, 2.24) is 5.32 Å². The minimum absolute atomic E-state index is 0.0120. The van der Waals surface area contributed by atoms with Crippen molar-refractivity contribution in [3.05, 3.63) is 95.3 Å². The molecule has 0 radical (unpaired) electrons. The molecule has 0 fully saturated rings. The van der Waals surface area contributed by atoms with Crippen LogP contribution < -0.4 is 14.8 Å². The van der Waals surface area contributed by atoms with Crippen molar-refractivity contribution < 1.29 is 18.7 Å². The summed E-state index contributed by atoms with van der Waals surface area (Å²) in [6.07, 6.45) is 0.585. The lowest BCUT2D eigenvalue weighted by molar-refractivity contribution is -0.121. The van der Waals surface area contributed by atoms with Gasteiger partial charge in [-0.25, -0.2) is 4.39 Å². The van der Waals surface area contributed by atoms with E-state index in [0.717, 1.165) is 22.6 Å². The van der Waals surface area contributed by atoms with Gasteiger partial charge in [-0.05, 0) is 53.4 Å². The third-order valence-corrected chi connectivity index (χ3v) is 4.76. The van der Waals surface area contributed by atoms with Crippen LogP contribution in [0.3, 0.4) is 0 Å². The maximum atomic E-state index is 13.9. The minimum atomic E-state index is -0.376. The topological polar surface area (TPSA) is 47.6 Å². The molecule has 0 saturated heterocycles. The zero-order valence-corrected chi connectivity index (χ0v) is 16.5. The predicted octanol–water partition coefficient (Wildman–Crippen LogP) is 4.49. The highest BCUT2D eigenvalue weighted by atomic mass is 19.1. The summed E-state index contributed by atoms with van der Waals surface area (Å²) in [6, 6.07) is 21.4. The van der Waals surface area contributed by atoms with E-state index in [1.54, 1.807) is 32.4 Å². The molecule has 0 aromatic heterocycles. The Kier molecular flexibility index (Phi) is 6.85. The summed E-state index contributed by atoms with van der Waals surface area (Å²) in [5.74, 6) is 0.913. The van der Waals surface area contributed by atoms with E-state index in [2.05, 4.69) is 5.32 Å². The molecule has 0 heterocycles. The first-order chi connectivity index (χ1) is 14.1. The molecule has 3 aromatic carbocycles. The van der Waals surface area contributed by atoms with Gasteiger partial charge in [0.1, 0.15) is 17.3 Å². The fraction of sp³-hybridized carbons (Fsp3) is 0.208. The van der Waals surface area contributed by atoms with Crippen molar-refractivity contribution in [2.24, 2.45) is 0 Å². The van der Waals surface area contributed by atoms with Crippen molar-refractivity contribution in [3.63, 3.8) is 0 Å². The third kappa shape index (κ3) is 5.57. The van der Waals surface area contributed by atoms with Crippen LogP contribution in [0, 0.1) is 5.82 Å². The minimum Gasteiger partial charge on any atom is -0.497 e. The van der Waals surface area contributed by atoms with Crippen LogP contribution in [-0.4, -0.2) is 20.1 Å². The number of rotatable bonds is 8. The smallest absolute Gasteiger partial charge is 0.225 e. The molecule has 3 aromatic rings. The number of carbonyl (C=O) groups is 1. The molecule has 0 aliphatic rings. The molecule has 5 heteroatoms. The van der Waals surface area contributed by atoms with Gasteiger partial charge in [0.2, 0.25) is 5.91 Å². The maximum absolute atomic E-state index is 13.9. The van der Waals surface area contributed by atoms with E-state index in [1.165, 1.54) is 6.07 Å². The Labute approximate surface area is 170 Å². The zero-order chi connectivity index (χ0) is 20.6. The van der Waals surface area contributed by atoms with Crippen molar-refractivity contribution in [2.75, 3.05) is 14.2 Å². The van der Waals surface area contributed by atoms with E-state index in [0.29, 0.717) is 12.0 Å². The lowest BCUT2D eigenvalue weighted by atomic mass is 9.98. The SMILES string of the molecule is COc1ccc(C[C@@H](NC(=O)Cc2ccccc2F)c2ccc(OC)cc2)cc1. The molecule has 0 unspecified atom stereocenters. The van der Waals surface area contributed by atoms with Gasteiger partial charge < -0.3 is 14.8 Å². The summed E-state index contributed by atoms with van der Waals surface area (Å²) >= 11 is 0. The van der Waals surface area contributed by atoms with Gasteiger partial charge in [0.05, 0.1) is 26.7 Å². The summed E-state index contributed by atoms with van der Waals surface area (Å²) in [5, 5.41) is 3.05. The van der Waals surface area contributed by atoms with Crippen LogP contribution in [0.5, 0.6) is 11.5 Å². The molecule has 0 aliphatic carbocycles. The molecule has 150 valence electrons. The van der Waals surface area contributed by atoms with Gasteiger partial charge in [0.15, 0.2) is 0 Å². The number of benzene rings is 3. The number of hydrogen-bond acceptors (Lipinski definition) is 3. The fourth-order valence-electron chi connectivity index (χ4n) is 3.15. The van der Waals surface area contributed by atoms with Gasteiger partial charge in [-0.3, -0.25) is 4.79 Å². The van der Waals surface area contributed by atoms with Crippen LogP contribution in [0.1, 0.15) is 22.7 Å². The second kappa shape index (κ2) is 9.73. The van der Waals surface area contributed by atoms with Gasteiger partial charge in [0.25, 0.3) is 0 Å². The molecule has 0 bridgehead atoms. The lowest BCUT2D eigenvalue weighted by Gasteiger charge is -2.20. The van der Waals surface area contributed by atoms with E-state index >= 15 is 0 Å². The Balaban J connectivity index is 1.79. The Hall–Kier alpha value is -3.34. The standard InChI is InChI=1S/C24H24FNO3/c1-28-20-11-7-17(8-12-20)15-23(18-9-13-21(29-2)14-10-18)26-24(27)16-19-5-3-4-6-22(19)25/h3-14,23H,15-16H2,1-2H3,(H,26,27)/t23-/m1/s1. The average Bonchev–Trinajstić information content (AvgIpc) is 2.75. The highest BCUT2D eigenvalue weighted by Crippen LogP contribution is 2.23. The second-order valence-electron chi connectivity index (χ2n) is 6.71. The van der Waals surface area contributed by atoms with Crippen molar-refractivity contribution in [3.8, 4) is 11.5 Å². The number of methoxy groups -OCH3 is 2. The normalized spacial score (nSPS) is 11.6. The summed E-state index contributed by atoms with van der Waals surface area (Å²) < 4.78 is 24.3. The molecular formula is C24H24FNO3. The summed E-state index contributed by atoms with van der Waals surface area (Å²) in [5.41, 5.74) is 2.38. The van der Waals surface area contributed by atoms with Gasteiger partial charge in [-0.2, -0.15) is 0 Å². The van der Waals surface area contributed by atoms with Crippen LogP contribution in [0.4, 0.5) is 4.39 Å². The van der Waals surface area contributed by atoms with E-state index < -0.39 is 0 Å².